The van der Waals surface area contributed by atoms with E-state index >= 15 is 0 Å². The summed E-state index contributed by atoms with van der Waals surface area (Å²) < 4.78 is 17.4. The van der Waals surface area contributed by atoms with E-state index in [9.17, 15) is 4.21 Å². The monoisotopic (exact) mass is 248 g/mol. The summed E-state index contributed by atoms with van der Waals surface area (Å²) >= 11 is -1.36. The molecule has 0 spiro atoms. The number of unbranched alkanes of at least 4 members (excludes halogenated alkanes) is 1. The Morgan fingerprint density at radius 3 is 2.71 bits per heavy atom. The van der Waals surface area contributed by atoms with Crippen LogP contribution in [0.4, 0.5) is 0 Å². The second-order valence-electron chi connectivity index (χ2n) is 3.89. The van der Waals surface area contributed by atoms with Gasteiger partial charge < -0.3 is 0 Å². The van der Waals surface area contributed by atoms with Crippen LogP contribution in [-0.2, 0) is 15.3 Å². The molecule has 0 saturated carbocycles. The molecule has 2 rings (SSSR count). The van der Waals surface area contributed by atoms with E-state index in [0.29, 0.717) is 6.61 Å². The molecule has 1 unspecified atom stereocenters. The molecule has 0 aliphatic rings. The highest BCUT2D eigenvalue weighted by molar-refractivity contribution is 7.80. The highest BCUT2D eigenvalue weighted by atomic mass is 32.2. The summed E-state index contributed by atoms with van der Waals surface area (Å²) in [4.78, 5) is 0.763. The van der Waals surface area contributed by atoms with E-state index < -0.39 is 11.1 Å². The average molecular weight is 248 g/mol. The molecule has 17 heavy (non-hydrogen) atoms. The first kappa shape index (κ1) is 12.3. The Hall–Kier alpha value is -1.19. The lowest BCUT2D eigenvalue weighted by atomic mass is 10.1. The third-order valence-corrected chi connectivity index (χ3v) is 3.71. The molecule has 0 bridgehead atoms. The number of benzene rings is 2. The number of fused-ring (bicyclic) bond motifs is 1. The van der Waals surface area contributed by atoms with Gasteiger partial charge in [0.05, 0.1) is 11.5 Å². The molecule has 0 fully saturated rings. The van der Waals surface area contributed by atoms with Crippen molar-refractivity contribution in [2.75, 3.05) is 6.61 Å². The molecule has 0 aromatic heterocycles. The van der Waals surface area contributed by atoms with Crippen LogP contribution < -0.4 is 0 Å². The van der Waals surface area contributed by atoms with Crippen molar-refractivity contribution in [3.63, 3.8) is 0 Å². The summed E-state index contributed by atoms with van der Waals surface area (Å²) in [6, 6.07) is 13.7. The van der Waals surface area contributed by atoms with Crippen molar-refractivity contribution < 1.29 is 8.39 Å². The first-order valence-electron chi connectivity index (χ1n) is 5.85. The van der Waals surface area contributed by atoms with Gasteiger partial charge in [0.2, 0.25) is 0 Å². The molecule has 0 radical (unpaired) electrons. The Kier molecular flexibility index (Phi) is 4.29. The molecule has 1 atom stereocenters. The SMILES string of the molecule is CCCCOS(=O)c1cccc2ccccc12. The van der Waals surface area contributed by atoms with Gasteiger partial charge in [0.25, 0.3) is 0 Å². The Bertz CT molecular complexity index is 517. The van der Waals surface area contributed by atoms with Crippen LogP contribution in [-0.4, -0.2) is 10.8 Å². The van der Waals surface area contributed by atoms with Crippen LogP contribution in [0.2, 0.25) is 0 Å². The van der Waals surface area contributed by atoms with Crippen LogP contribution in [0, 0.1) is 0 Å². The van der Waals surface area contributed by atoms with Crippen molar-refractivity contribution in [2.24, 2.45) is 0 Å². The largest absolute Gasteiger partial charge is 0.287 e. The van der Waals surface area contributed by atoms with E-state index in [4.69, 9.17) is 4.18 Å². The van der Waals surface area contributed by atoms with Crippen LogP contribution in [0.3, 0.4) is 0 Å². The van der Waals surface area contributed by atoms with Crippen LogP contribution >= 0.6 is 0 Å². The maximum atomic E-state index is 12.0. The fourth-order valence-electron chi connectivity index (χ4n) is 1.68. The standard InChI is InChI=1S/C14H16O2S/c1-2-3-11-16-17(15)14-10-6-8-12-7-4-5-9-13(12)14/h4-10H,2-3,11H2,1H3. The van der Waals surface area contributed by atoms with Crippen molar-refractivity contribution in [3.8, 4) is 0 Å². The number of hydrogen-bond donors (Lipinski definition) is 0. The van der Waals surface area contributed by atoms with Gasteiger partial charge in [-0.15, -0.1) is 0 Å². The van der Waals surface area contributed by atoms with Crippen molar-refractivity contribution in [3.05, 3.63) is 42.5 Å². The minimum Gasteiger partial charge on any atom is -0.287 e. The minimum atomic E-state index is -1.36. The summed E-state index contributed by atoms with van der Waals surface area (Å²) in [5, 5.41) is 2.10. The summed E-state index contributed by atoms with van der Waals surface area (Å²) in [7, 11) is 0. The molecule has 3 heteroatoms. The molecule has 90 valence electrons. The molecule has 0 saturated heterocycles. The summed E-state index contributed by atoms with van der Waals surface area (Å²) in [5.41, 5.74) is 0. The molecule has 0 aliphatic carbocycles. The highest BCUT2D eigenvalue weighted by Crippen LogP contribution is 2.22. The third kappa shape index (κ3) is 2.93. The zero-order chi connectivity index (χ0) is 12.1. The molecule has 0 N–H and O–H groups in total. The Morgan fingerprint density at radius 2 is 1.88 bits per heavy atom. The molecule has 0 amide bonds. The Balaban J connectivity index is 2.26. The first-order valence-corrected chi connectivity index (χ1v) is 6.93. The topological polar surface area (TPSA) is 26.3 Å². The lowest BCUT2D eigenvalue weighted by Crippen LogP contribution is -2.00. The fourth-order valence-corrected chi connectivity index (χ4v) is 2.63. The van der Waals surface area contributed by atoms with Crippen LogP contribution in [0.25, 0.3) is 10.8 Å². The van der Waals surface area contributed by atoms with Gasteiger partial charge in [0.15, 0.2) is 11.1 Å². The minimum absolute atomic E-state index is 0.548. The molecule has 0 heterocycles. The molecule has 2 aromatic carbocycles. The van der Waals surface area contributed by atoms with Gasteiger partial charge in [0, 0.05) is 5.39 Å². The van der Waals surface area contributed by atoms with Crippen molar-refractivity contribution >= 4 is 21.9 Å². The zero-order valence-electron chi connectivity index (χ0n) is 9.89. The van der Waals surface area contributed by atoms with Crippen molar-refractivity contribution in [1.82, 2.24) is 0 Å². The average Bonchev–Trinajstić information content (AvgIpc) is 2.38. The predicted octanol–water partition coefficient (Wildman–Crippen LogP) is 3.68. The van der Waals surface area contributed by atoms with Gasteiger partial charge in [-0.05, 0) is 17.9 Å². The van der Waals surface area contributed by atoms with Crippen molar-refractivity contribution in [1.29, 1.82) is 0 Å². The van der Waals surface area contributed by atoms with E-state index in [2.05, 4.69) is 6.92 Å². The van der Waals surface area contributed by atoms with Gasteiger partial charge in [-0.25, -0.2) is 4.21 Å². The quantitative estimate of drug-likeness (QED) is 0.754. The second kappa shape index (κ2) is 5.94. The third-order valence-electron chi connectivity index (χ3n) is 2.62. The fraction of sp³-hybridized carbons (Fsp3) is 0.286. The maximum Gasteiger partial charge on any atom is 0.189 e. The number of hydrogen-bond acceptors (Lipinski definition) is 2. The zero-order valence-corrected chi connectivity index (χ0v) is 10.7. The van der Waals surface area contributed by atoms with E-state index in [-0.39, 0.29) is 0 Å². The maximum absolute atomic E-state index is 12.0. The molecule has 2 nitrogen and oxygen atoms in total. The Labute approximate surface area is 104 Å². The lowest BCUT2D eigenvalue weighted by Gasteiger charge is -2.06. The van der Waals surface area contributed by atoms with Crippen LogP contribution in [0.15, 0.2) is 47.4 Å². The van der Waals surface area contributed by atoms with Gasteiger partial charge in [-0.1, -0.05) is 49.7 Å². The molecular weight excluding hydrogens is 232 g/mol. The Morgan fingerprint density at radius 1 is 1.12 bits per heavy atom. The van der Waals surface area contributed by atoms with E-state index in [1.165, 1.54) is 0 Å². The normalized spacial score (nSPS) is 12.8. The molecule has 0 aliphatic heterocycles. The summed E-state index contributed by atoms with van der Waals surface area (Å²) in [6.07, 6.45) is 1.99. The van der Waals surface area contributed by atoms with Gasteiger partial charge in [-0.3, -0.25) is 4.18 Å². The van der Waals surface area contributed by atoms with Crippen LogP contribution in [0.1, 0.15) is 19.8 Å². The van der Waals surface area contributed by atoms with E-state index in [1.807, 2.05) is 42.5 Å². The van der Waals surface area contributed by atoms with E-state index in [0.717, 1.165) is 28.5 Å². The van der Waals surface area contributed by atoms with Crippen LogP contribution in [0.5, 0.6) is 0 Å². The molecule has 2 aromatic rings. The van der Waals surface area contributed by atoms with Gasteiger partial charge >= 0.3 is 0 Å². The predicted molar refractivity (Wildman–Crippen MR) is 71.2 cm³/mol. The van der Waals surface area contributed by atoms with E-state index in [1.54, 1.807) is 0 Å². The van der Waals surface area contributed by atoms with Crippen molar-refractivity contribution in [2.45, 2.75) is 24.7 Å². The number of rotatable bonds is 5. The summed E-state index contributed by atoms with van der Waals surface area (Å²) in [5.74, 6) is 0. The highest BCUT2D eigenvalue weighted by Gasteiger charge is 2.08. The smallest absolute Gasteiger partial charge is 0.189 e. The first-order chi connectivity index (χ1) is 8.33. The van der Waals surface area contributed by atoms with Gasteiger partial charge in [-0.2, -0.15) is 0 Å². The van der Waals surface area contributed by atoms with Gasteiger partial charge in [0.1, 0.15) is 0 Å². The molecular formula is C14H16O2S. The lowest BCUT2D eigenvalue weighted by molar-refractivity contribution is 0.338. The second-order valence-corrected chi connectivity index (χ2v) is 5.03. The summed E-state index contributed by atoms with van der Waals surface area (Å²) in [6.45, 7) is 2.64.